The summed E-state index contributed by atoms with van der Waals surface area (Å²) in [5.74, 6) is 0.450. The van der Waals surface area contributed by atoms with Crippen LogP contribution in [0.4, 0.5) is 5.69 Å². The van der Waals surface area contributed by atoms with Crippen molar-refractivity contribution in [1.29, 1.82) is 0 Å². The predicted molar refractivity (Wildman–Crippen MR) is 204 cm³/mol. The molecule has 276 valence electrons. The number of aromatic nitrogens is 2. The van der Waals surface area contributed by atoms with Gasteiger partial charge in [-0.15, -0.1) is 0 Å². The number of hydrogen-bond acceptors (Lipinski definition) is 8. The minimum absolute atomic E-state index is 0.0116. The number of ether oxygens (including phenoxy) is 1. The Kier molecular flexibility index (Phi) is 24.6. The highest BCUT2D eigenvalue weighted by atomic mass is 16.5. The molecule has 3 aromatic rings. The van der Waals surface area contributed by atoms with Gasteiger partial charge in [-0.1, -0.05) is 93.9 Å². The van der Waals surface area contributed by atoms with Crippen LogP contribution in [0.2, 0.25) is 0 Å². The third-order valence-corrected chi connectivity index (χ3v) is 8.08. The highest BCUT2D eigenvalue weighted by molar-refractivity contribution is 5.90. The van der Waals surface area contributed by atoms with E-state index >= 15 is 0 Å². The summed E-state index contributed by atoms with van der Waals surface area (Å²) in [6.07, 6.45) is 9.82. The predicted octanol–water partition coefficient (Wildman–Crippen LogP) is 8.42. The van der Waals surface area contributed by atoms with Gasteiger partial charge in [-0.25, -0.2) is 4.98 Å². The number of aryl methyl sites for hydroxylation is 1. The summed E-state index contributed by atoms with van der Waals surface area (Å²) in [5, 5.41) is 23.9. The number of methoxy groups -OCH3 is 1. The lowest BCUT2D eigenvalue weighted by atomic mass is 9.97. The van der Waals surface area contributed by atoms with Gasteiger partial charge in [0.05, 0.1) is 30.1 Å². The Morgan fingerprint density at radius 2 is 1.65 bits per heavy atom. The number of rotatable bonds is 15. The average molecular weight is 684 g/mol. The molecule has 9 nitrogen and oxygen atoms in total. The SMILES string of the molecule is C=O.CC.CCC.CCCCCCC.CCc1c2c(nc3ccc(NCCC(C)CCO)cc13)-c1cc(C(O)C=O)c(COC)c(=O)n1C2. The van der Waals surface area contributed by atoms with Gasteiger partial charge in [-0.05, 0) is 55.0 Å². The third-order valence-electron chi connectivity index (χ3n) is 8.08. The molecule has 1 aliphatic heterocycles. The van der Waals surface area contributed by atoms with Crippen molar-refractivity contribution in [1.82, 2.24) is 9.55 Å². The summed E-state index contributed by atoms with van der Waals surface area (Å²) in [4.78, 5) is 37.6. The minimum Gasteiger partial charge on any atom is -0.396 e. The number of carbonyl (C=O) groups is 2. The third kappa shape index (κ3) is 13.4. The van der Waals surface area contributed by atoms with Crippen LogP contribution in [0.3, 0.4) is 0 Å². The van der Waals surface area contributed by atoms with Crippen molar-refractivity contribution >= 4 is 29.7 Å². The number of hydrogen-bond donors (Lipinski definition) is 3. The quantitative estimate of drug-likeness (QED) is 0.0841. The number of unbranched alkanes of at least 4 members (excludes halogenated alkanes) is 4. The molecule has 0 aliphatic carbocycles. The second-order valence-corrected chi connectivity index (χ2v) is 12.0. The maximum Gasteiger partial charge on any atom is 0.257 e. The number of aliphatic hydroxyl groups is 2. The van der Waals surface area contributed by atoms with E-state index in [1.54, 1.807) is 10.6 Å². The Morgan fingerprint density at radius 3 is 2.18 bits per heavy atom. The Hall–Kier alpha value is -3.40. The highest BCUT2D eigenvalue weighted by Crippen LogP contribution is 2.37. The molecule has 2 unspecified atom stereocenters. The number of nitrogens with zero attached hydrogens (tertiary/aromatic N) is 2. The van der Waals surface area contributed by atoms with Crippen LogP contribution in [0.25, 0.3) is 22.3 Å². The van der Waals surface area contributed by atoms with E-state index in [1.165, 1.54) is 45.6 Å². The van der Waals surface area contributed by atoms with E-state index in [2.05, 4.69) is 52.9 Å². The van der Waals surface area contributed by atoms with Crippen LogP contribution in [0.1, 0.15) is 135 Å². The lowest BCUT2D eigenvalue weighted by Gasteiger charge is -2.14. The largest absolute Gasteiger partial charge is 0.396 e. The first-order valence-corrected chi connectivity index (χ1v) is 18.2. The molecule has 3 N–H and O–H groups in total. The number of benzene rings is 1. The number of aliphatic hydroxyl groups excluding tert-OH is 2. The first-order valence-electron chi connectivity index (χ1n) is 18.2. The first-order chi connectivity index (χ1) is 23.8. The molecule has 49 heavy (non-hydrogen) atoms. The van der Waals surface area contributed by atoms with Crippen LogP contribution in [-0.4, -0.2) is 53.1 Å². The summed E-state index contributed by atoms with van der Waals surface area (Å²) in [5.41, 5.74) is 5.57. The van der Waals surface area contributed by atoms with E-state index in [-0.39, 0.29) is 29.9 Å². The number of aldehydes is 1. The normalized spacial score (nSPS) is 11.9. The molecule has 1 aliphatic rings. The first kappa shape index (κ1) is 45.6. The summed E-state index contributed by atoms with van der Waals surface area (Å²) in [6, 6.07) is 7.79. The molecule has 9 heteroatoms. The maximum absolute atomic E-state index is 13.3. The summed E-state index contributed by atoms with van der Waals surface area (Å²) in [6.45, 7) is 20.4. The van der Waals surface area contributed by atoms with Crippen molar-refractivity contribution < 1.29 is 24.5 Å². The number of anilines is 1. The maximum atomic E-state index is 13.3. The van der Waals surface area contributed by atoms with Crippen LogP contribution < -0.4 is 10.9 Å². The molecule has 2 aromatic heterocycles. The summed E-state index contributed by atoms with van der Waals surface area (Å²) >= 11 is 0. The van der Waals surface area contributed by atoms with Gasteiger partial charge in [-0.2, -0.15) is 0 Å². The van der Waals surface area contributed by atoms with E-state index in [0.29, 0.717) is 30.1 Å². The molecule has 0 saturated heterocycles. The van der Waals surface area contributed by atoms with Crippen molar-refractivity contribution in [2.24, 2.45) is 5.92 Å². The molecule has 3 heterocycles. The van der Waals surface area contributed by atoms with Gasteiger partial charge < -0.3 is 34.4 Å². The van der Waals surface area contributed by atoms with Crippen LogP contribution >= 0.6 is 0 Å². The fraction of sp³-hybridized carbons (Fsp3) is 0.600. The summed E-state index contributed by atoms with van der Waals surface area (Å²) < 4.78 is 6.85. The van der Waals surface area contributed by atoms with Gasteiger partial charge in [0.15, 0.2) is 6.29 Å². The topological polar surface area (TPSA) is 131 Å². The molecule has 0 fully saturated rings. The van der Waals surface area contributed by atoms with Crippen LogP contribution in [0, 0.1) is 5.92 Å². The fourth-order valence-electron chi connectivity index (χ4n) is 5.62. The molecule has 4 rings (SSSR count). The van der Waals surface area contributed by atoms with Crippen LogP contribution in [0.15, 0.2) is 29.1 Å². The number of pyridine rings is 2. The zero-order valence-corrected chi connectivity index (χ0v) is 31.9. The smallest absolute Gasteiger partial charge is 0.257 e. The lowest BCUT2D eigenvalue weighted by Crippen LogP contribution is -2.26. The fourth-order valence-corrected chi connectivity index (χ4v) is 5.62. The standard InChI is InChI=1S/C27H33N3O5.C7H16.C3H8.C2H6.CH2O/c1-4-18-19-11-17(28-9-7-16(2)8-10-31)5-6-23(19)29-26-21(18)13-30-24(26)12-20(25(33)14-32)22(15-35-3)27(30)34;1-3-5-7-6-4-2;1-3-2;2*1-2/h5-6,11-12,14,16,25,28,31,33H,4,7-10,13,15H2,1-3H3;3-7H2,1-2H3;3H2,1-2H3;1-2H3;1H2. The van der Waals surface area contributed by atoms with E-state index in [1.807, 2.05) is 32.8 Å². The second kappa shape index (κ2) is 26.5. The highest BCUT2D eigenvalue weighted by Gasteiger charge is 2.29. The van der Waals surface area contributed by atoms with Crippen LogP contribution in [0.5, 0.6) is 0 Å². The van der Waals surface area contributed by atoms with Gasteiger partial charge in [0, 0.05) is 48.0 Å². The molecule has 0 radical (unpaired) electrons. The Labute approximate surface area is 295 Å². The zero-order valence-electron chi connectivity index (χ0n) is 31.9. The Morgan fingerprint density at radius 1 is 1.02 bits per heavy atom. The molecule has 2 atom stereocenters. The molecule has 0 amide bonds. The number of carbonyl (C=O) groups excluding carboxylic acids is 2. The van der Waals surface area contributed by atoms with E-state index in [0.717, 1.165) is 53.5 Å². The van der Waals surface area contributed by atoms with Gasteiger partial charge >= 0.3 is 0 Å². The number of fused-ring (bicyclic) bond motifs is 4. The molecule has 0 spiro atoms. The van der Waals surface area contributed by atoms with Gasteiger partial charge in [0.2, 0.25) is 0 Å². The lowest BCUT2D eigenvalue weighted by molar-refractivity contribution is -0.115. The van der Waals surface area contributed by atoms with Crippen molar-refractivity contribution in [2.45, 2.75) is 132 Å². The van der Waals surface area contributed by atoms with Crippen molar-refractivity contribution in [3.05, 3.63) is 56.9 Å². The van der Waals surface area contributed by atoms with Crippen molar-refractivity contribution in [3.8, 4) is 11.4 Å². The summed E-state index contributed by atoms with van der Waals surface area (Å²) in [7, 11) is 1.48. The molecule has 0 bridgehead atoms. The monoisotopic (exact) mass is 683 g/mol. The van der Waals surface area contributed by atoms with Crippen molar-refractivity contribution in [2.75, 3.05) is 25.6 Å². The van der Waals surface area contributed by atoms with E-state index in [9.17, 15) is 14.7 Å². The molecular weight excluding hydrogens is 618 g/mol. The average Bonchev–Trinajstić information content (AvgIpc) is 3.49. The van der Waals surface area contributed by atoms with E-state index in [4.69, 9.17) is 19.6 Å². The van der Waals surface area contributed by atoms with Gasteiger partial charge in [-0.3, -0.25) is 4.79 Å². The van der Waals surface area contributed by atoms with Crippen molar-refractivity contribution in [3.63, 3.8) is 0 Å². The molecule has 0 saturated carbocycles. The molecule has 1 aromatic carbocycles. The second-order valence-electron chi connectivity index (χ2n) is 12.0. The zero-order chi connectivity index (χ0) is 37.4. The minimum atomic E-state index is -1.40. The Bertz CT molecular complexity index is 1420. The molecular formula is C40H65N3O6. The number of nitrogens with one attached hydrogen (secondary N) is 1. The Balaban J connectivity index is 0.00000141. The van der Waals surface area contributed by atoms with Gasteiger partial charge in [0.1, 0.15) is 12.9 Å². The van der Waals surface area contributed by atoms with Crippen LogP contribution in [-0.2, 0) is 33.9 Å². The van der Waals surface area contributed by atoms with E-state index < -0.39 is 6.10 Å². The van der Waals surface area contributed by atoms with Gasteiger partial charge in [0.25, 0.3) is 5.56 Å².